The van der Waals surface area contributed by atoms with Gasteiger partial charge in [-0.15, -0.1) is 0 Å². The molecule has 1 unspecified atom stereocenters. The van der Waals surface area contributed by atoms with E-state index in [1.807, 2.05) is 20.8 Å². The van der Waals surface area contributed by atoms with Crippen LogP contribution in [0.2, 0.25) is 0 Å². The van der Waals surface area contributed by atoms with E-state index in [1.165, 1.54) is 17.0 Å². The maximum Gasteiger partial charge on any atom is 0.259 e. The second-order valence-corrected chi connectivity index (χ2v) is 5.08. The molecule has 0 radical (unpaired) electrons. The zero-order valence-electron chi connectivity index (χ0n) is 9.99. The third-order valence-corrected chi connectivity index (χ3v) is 2.88. The van der Waals surface area contributed by atoms with Gasteiger partial charge in [0.05, 0.1) is 11.6 Å². The van der Waals surface area contributed by atoms with Gasteiger partial charge in [-0.05, 0) is 26.8 Å². The summed E-state index contributed by atoms with van der Waals surface area (Å²) >= 11 is 0. The molecule has 1 atom stereocenters. The summed E-state index contributed by atoms with van der Waals surface area (Å²) in [5.74, 6) is -0.961. The summed E-state index contributed by atoms with van der Waals surface area (Å²) < 4.78 is 13.7. The van der Waals surface area contributed by atoms with Gasteiger partial charge in [0.25, 0.3) is 5.91 Å². The van der Waals surface area contributed by atoms with E-state index in [4.69, 9.17) is 0 Å². The van der Waals surface area contributed by atoms with Crippen LogP contribution in [0.4, 0.5) is 4.39 Å². The molecule has 2 rings (SSSR count). The minimum Gasteiger partial charge on any atom is -0.314 e. The molecule has 1 aromatic rings. The summed E-state index contributed by atoms with van der Waals surface area (Å²) in [4.78, 5) is 13.6. The van der Waals surface area contributed by atoms with Gasteiger partial charge in [0, 0.05) is 11.1 Å². The van der Waals surface area contributed by atoms with E-state index in [0.717, 1.165) is 0 Å². The van der Waals surface area contributed by atoms with Gasteiger partial charge in [-0.25, -0.2) is 4.39 Å². The highest BCUT2D eigenvalue weighted by molar-refractivity contribution is 6.00. The van der Waals surface area contributed by atoms with Crippen molar-refractivity contribution in [3.8, 4) is 6.07 Å². The quantitative estimate of drug-likeness (QED) is 0.690. The molecule has 1 heterocycles. The molecule has 4 heteroatoms. The zero-order chi connectivity index (χ0) is 12.8. The number of carbonyl (C=O) groups excluding carboxylic acids is 1. The van der Waals surface area contributed by atoms with Crippen LogP contribution in [0.15, 0.2) is 18.2 Å². The van der Waals surface area contributed by atoms with Crippen molar-refractivity contribution in [1.29, 1.82) is 5.26 Å². The molecule has 0 aromatic heterocycles. The van der Waals surface area contributed by atoms with Crippen molar-refractivity contribution in [2.45, 2.75) is 32.4 Å². The second kappa shape index (κ2) is 3.56. The van der Waals surface area contributed by atoms with Crippen LogP contribution < -0.4 is 0 Å². The van der Waals surface area contributed by atoms with E-state index in [-0.39, 0.29) is 5.56 Å². The summed E-state index contributed by atoms with van der Waals surface area (Å²) in [5, 5.41) is 9.19. The molecule has 0 spiro atoms. The van der Waals surface area contributed by atoms with Gasteiger partial charge in [-0.2, -0.15) is 5.26 Å². The Morgan fingerprint density at radius 2 is 2.06 bits per heavy atom. The molecule has 1 aromatic carbocycles. The first kappa shape index (κ1) is 11.6. The lowest BCUT2D eigenvalue weighted by molar-refractivity contribution is 0.0565. The summed E-state index contributed by atoms with van der Waals surface area (Å²) in [6.07, 6.45) is 0. The fourth-order valence-electron chi connectivity index (χ4n) is 2.19. The molecular weight excluding hydrogens is 219 g/mol. The van der Waals surface area contributed by atoms with Gasteiger partial charge >= 0.3 is 0 Å². The van der Waals surface area contributed by atoms with Gasteiger partial charge in [0.1, 0.15) is 11.9 Å². The van der Waals surface area contributed by atoms with Crippen LogP contribution in [-0.4, -0.2) is 16.3 Å². The van der Waals surface area contributed by atoms with Crippen LogP contribution in [0, 0.1) is 17.1 Å². The molecule has 0 aliphatic carbocycles. The molecule has 0 bridgehead atoms. The van der Waals surface area contributed by atoms with Gasteiger partial charge in [-0.3, -0.25) is 4.79 Å². The van der Waals surface area contributed by atoms with Crippen LogP contribution >= 0.6 is 0 Å². The number of fused-ring (bicyclic) bond motifs is 1. The summed E-state index contributed by atoms with van der Waals surface area (Å²) in [7, 11) is 0. The standard InChI is InChI=1S/C13H13FN2O/c1-13(2,3)16-10(7-15)8-5-4-6-9(14)11(8)12(16)17/h4-6,10H,1-3H3. The summed E-state index contributed by atoms with van der Waals surface area (Å²) in [6.45, 7) is 5.50. The molecule has 17 heavy (non-hydrogen) atoms. The number of rotatable bonds is 0. The van der Waals surface area contributed by atoms with E-state index in [1.54, 1.807) is 6.07 Å². The predicted molar refractivity (Wildman–Crippen MR) is 60.7 cm³/mol. The van der Waals surface area contributed by atoms with Crippen LogP contribution in [0.1, 0.15) is 42.7 Å². The van der Waals surface area contributed by atoms with Crippen molar-refractivity contribution in [2.24, 2.45) is 0 Å². The Labute approximate surface area is 99.5 Å². The normalized spacial score (nSPS) is 19.1. The maximum absolute atomic E-state index is 13.7. The van der Waals surface area contributed by atoms with Crippen molar-refractivity contribution in [2.75, 3.05) is 0 Å². The van der Waals surface area contributed by atoms with Gasteiger partial charge in [0.15, 0.2) is 0 Å². The maximum atomic E-state index is 13.7. The Bertz CT molecular complexity index is 525. The first-order valence-corrected chi connectivity index (χ1v) is 5.39. The third-order valence-electron chi connectivity index (χ3n) is 2.88. The topological polar surface area (TPSA) is 44.1 Å². The number of hydrogen-bond donors (Lipinski definition) is 0. The monoisotopic (exact) mass is 232 g/mol. The molecule has 0 saturated carbocycles. The number of carbonyl (C=O) groups is 1. The highest BCUT2D eigenvalue weighted by Crippen LogP contribution is 2.38. The van der Waals surface area contributed by atoms with Crippen LogP contribution in [0.5, 0.6) is 0 Å². The molecule has 0 N–H and O–H groups in total. The molecule has 1 aliphatic heterocycles. The number of nitriles is 1. The van der Waals surface area contributed by atoms with Crippen molar-refractivity contribution in [1.82, 2.24) is 4.90 Å². The Morgan fingerprint density at radius 3 is 2.59 bits per heavy atom. The lowest BCUT2D eigenvalue weighted by Gasteiger charge is -2.34. The third kappa shape index (κ3) is 1.59. The summed E-state index contributed by atoms with van der Waals surface area (Å²) in [6, 6.07) is 5.78. The zero-order valence-corrected chi connectivity index (χ0v) is 9.99. The Balaban J connectivity index is 2.64. The number of amides is 1. The lowest BCUT2D eigenvalue weighted by atomic mass is 10.0. The van der Waals surface area contributed by atoms with Crippen molar-refractivity contribution < 1.29 is 9.18 Å². The molecule has 1 aliphatic rings. The second-order valence-electron chi connectivity index (χ2n) is 5.08. The molecule has 88 valence electrons. The van der Waals surface area contributed by atoms with Gasteiger partial charge in [0.2, 0.25) is 0 Å². The molecule has 1 amide bonds. The summed E-state index contributed by atoms with van der Waals surface area (Å²) in [5.41, 5.74) is -0.00968. The average molecular weight is 232 g/mol. The fraction of sp³-hybridized carbons (Fsp3) is 0.385. The predicted octanol–water partition coefficient (Wildman–Crippen LogP) is 2.64. The molecular formula is C13H13FN2O. The Kier molecular flexibility index (Phi) is 2.43. The smallest absolute Gasteiger partial charge is 0.259 e. The average Bonchev–Trinajstić information content (AvgIpc) is 2.52. The minimum atomic E-state index is -0.701. The largest absolute Gasteiger partial charge is 0.314 e. The van der Waals surface area contributed by atoms with Gasteiger partial charge < -0.3 is 4.90 Å². The fourth-order valence-corrected chi connectivity index (χ4v) is 2.19. The van der Waals surface area contributed by atoms with Crippen LogP contribution in [0.3, 0.4) is 0 Å². The number of halogens is 1. The Morgan fingerprint density at radius 1 is 1.41 bits per heavy atom. The van der Waals surface area contributed by atoms with Gasteiger partial charge in [-0.1, -0.05) is 12.1 Å². The highest BCUT2D eigenvalue weighted by atomic mass is 19.1. The van der Waals surface area contributed by atoms with E-state index >= 15 is 0 Å². The lowest BCUT2D eigenvalue weighted by Crippen LogP contribution is -2.43. The van der Waals surface area contributed by atoms with Crippen LogP contribution in [-0.2, 0) is 0 Å². The van der Waals surface area contributed by atoms with E-state index < -0.39 is 23.3 Å². The first-order chi connectivity index (χ1) is 7.88. The van der Waals surface area contributed by atoms with Crippen molar-refractivity contribution in [3.63, 3.8) is 0 Å². The molecule has 0 saturated heterocycles. The minimum absolute atomic E-state index is 0.0361. The number of benzene rings is 1. The first-order valence-electron chi connectivity index (χ1n) is 5.39. The van der Waals surface area contributed by atoms with Crippen molar-refractivity contribution >= 4 is 5.91 Å². The van der Waals surface area contributed by atoms with E-state index in [0.29, 0.717) is 5.56 Å². The number of hydrogen-bond acceptors (Lipinski definition) is 2. The molecule has 3 nitrogen and oxygen atoms in total. The van der Waals surface area contributed by atoms with Crippen LogP contribution in [0.25, 0.3) is 0 Å². The van der Waals surface area contributed by atoms with Crippen molar-refractivity contribution in [3.05, 3.63) is 35.1 Å². The van der Waals surface area contributed by atoms with E-state index in [9.17, 15) is 14.4 Å². The number of nitrogens with zero attached hydrogens (tertiary/aromatic N) is 2. The highest BCUT2D eigenvalue weighted by Gasteiger charge is 2.44. The molecule has 0 fully saturated rings. The van der Waals surface area contributed by atoms with E-state index in [2.05, 4.69) is 6.07 Å². The Hall–Kier alpha value is -1.89. The SMILES string of the molecule is CC(C)(C)N1C(=O)c2c(F)cccc2C1C#N.